The number of Topliss-reactive ketones (excluding diaryl/α,β-unsaturated/α-hetero) is 1. The van der Waals surface area contributed by atoms with Gasteiger partial charge in [0, 0.05) is 5.92 Å². The molecule has 2 aliphatic rings. The number of fused-ring (bicyclic) bond motifs is 2. The zero-order valence-electron chi connectivity index (χ0n) is 14.8. The van der Waals surface area contributed by atoms with Crippen molar-refractivity contribution in [3.63, 3.8) is 0 Å². The average Bonchev–Trinajstić information content (AvgIpc) is 3.12. The molecule has 2 aromatic heterocycles. The highest BCUT2D eigenvalue weighted by Gasteiger charge is 2.53. The second-order valence-electron chi connectivity index (χ2n) is 6.84. The summed E-state index contributed by atoms with van der Waals surface area (Å²) in [6.07, 6.45) is -4.80. The van der Waals surface area contributed by atoms with Gasteiger partial charge in [-0.15, -0.1) is 0 Å². The molecule has 4 heterocycles. The van der Waals surface area contributed by atoms with Crippen LogP contribution in [0.3, 0.4) is 0 Å². The van der Waals surface area contributed by atoms with Gasteiger partial charge in [-0.25, -0.2) is 9.55 Å². The van der Waals surface area contributed by atoms with Gasteiger partial charge < -0.3 is 20.5 Å². The predicted octanol–water partition coefficient (Wildman–Crippen LogP) is -0.685. The molecule has 0 aromatic carbocycles. The summed E-state index contributed by atoms with van der Waals surface area (Å²) in [7, 11) is -4.33. The summed E-state index contributed by atoms with van der Waals surface area (Å²) in [6.45, 7) is 2.98. The number of hydrogen-bond donors (Lipinski definition) is 4. The van der Waals surface area contributed by atoms with E-state index >= 15 is 0 Å². The van der Waals surface area contributed by atoms with E-state index in [1.807, 2.05) is 0 Å². The Morgan fingerprint density at radius 3 is 2.82 bits per heavy atom. The van der Waals surface area contributed by atoms with Crippen molar-refractivity contribution in [3.05, 3.63) is 16.2 Å². The normalized spacial score (nSPS) is 32.8. The zero-order valence-corrected chi connectivity index (χ0v) is 15.7. The Labute approximate surface area is 157 Å². The van der Waals surface area contributed by atoms with Crippen molar-refractivity contribution in [2.45, 2.75) is 38.4 Å². The lowest BCUT2D eigenvalue weighted by atomic mass is 10.1. The number of phosphoric ester groups is 1. The van der Waals surface area contributed by atoms with Crippen LogP contribution in [-0.4, -0.2) is 60.2 Å². The van der Waals surface area contributed by atoms with Gasteiger partial charge in [0.25, 0.3) is 5.56 Å². The molecular formula is C14H18N5O8P. The number of imidazole rings is 1. The van der Waals surface area contributed by atoms with E-state index in [1.54, 1.807) is 13.8 Å². The third-order valence-electron chi connectivity index (χ3n) is 4.53. The molecule has 13 nitrogen and oxygen atoms in total. The highest BCUT2D eigenvalue weighted by Crippen LogP contribution is 2.52. The Morgan fingerprint density at radius 2 is 2.14 bits per heavy atom. The molecule has 0 spiro atoms. The molecule has 2 aromatic rings. The summed E-state index contributed by atoms with van der Waals surface area (Å²) in [6, 6.07) is 0. The second kappa shape index (κ2) is 6.44. The Kier molecular flexibility index (Phi) is 4.41. The monoisotopic (exact) mass is 415 g/mol. The second-order valence-corrected chi connectivity index (χ2v) is 8.24. The third-order valence-corrected chi connectivity index (χ3v) is 5.52. The number of H-pyrrole nitrogens is 1. The van der Waals surface area contributed by atoms with E-state index in [2.05, 4.69) is 15.0 Å². The zero-order chi connectivity index (χ0) is 20.4. The van der Waals surface area contributed by atoms with Crippen LogP contribution in [0.1, 0.15) is 30.7 Å². The fourth-order valence-electron chi connectivity index (χ4n) is 3.22. The number of nitrogen functional groups attached to an aromatic ring is 1. The number of nitrogens with one attached hydrogen (secondary N) is 1. The maximum absolute atomic E-state index is 12.7. The summed E-state index contributed by atoms with van der Waals surface area (Å²) in [4.78, 5) is 44.8. The molecule has 2 aliphatic heterocycles. The summed E-state index contributed by atoms with van der Waals surface area (Å²) in [5, 5.41) is 10.7. The number of ketones is 1. The van der Waals surface area contributed by atoms with Gasteiger partial charge in [0.1, 0.15) is 18.3 Å². The van der Waals surface area contributed by atoms with Crippen LogP contribution in [0.15, 0.2) is 4.79 Å². The summed E-state index contributed by atoms with van der Waals surface area (Å²) >= 11 is 0. The van der Waals surface area contributed by atoms with Crippen LogP contribution >= 0.6 is 7.82 Å². The Balaban J connectivity index is 1.88. The van der Waals surface area contributed by atoms with E-state index < -0.39 is 49.6 Å². The topological polar surface area (TPSA) is 192 Å². The van der Waals surface area contributed by atoms with Crippen LogP contribution in [0.4, 0.5) is 5.95 Å². The molecule has 0 bridgehead atoms. The minimum atomic E-state index is -4.33. The van der Waals surface area contributed by atoms with Gasteiger partial charge >= 0.3 is 7.82 Å². The fourth-order valence-corrected chi connectivity index (χ4v) is 4.19. The SMILES string of the molecule is CC(C)C(=O)c1nc2c(=O)[nH]c(N)nc2n1[C@@H]1O[C@@H]2COP(=O)(O)O[C@H]2[C@H]1O. The number of aliphatic hydroxyl groups is 1. The fraction of sp³-hybridized carbons (Fsp3) is 0.571. The van der Waals surface area contributed by atoms with Gasteiger partial charge in [-0.3, -0.25) is 28.2 Å². The number of aromatic amines is 1. The number of ether oxygens (including phenoxy) is 1. The molecule has 4 rings (SSSR count). The summed E-state index contributed by atoms with van der Waals surface area (Å²) in [5.74, 6) is -1.28. The molecule has 0 amide bonds. The lowest BCUT2D eigenvalue weighted by molar-refractivity contribution is -0.0668. The number of carbonyl (C=O) groups is 1. The molecule has 5 atom stereocenters. The molecule has 2 fully saturated rings. The predicted molar refractivity (Wildman–Crippen MR) is 92.3 cm³/mol. The first-order chi connectivity index (χ1) is 13.1. The molecule has 0 radical (unpaired) electrons. The van der Waals surface area contributed by atoms with Crippen molar-refractivity contribution in [2.24, 2.45) is 5.92 Å². The van der Waals surface area contributed by atoms with E-state index in [4.69, 9.17) is 19.5 Å². The molecule has 0 aliphatic carbocycles. The van der Waals surface area contributed by atoms with Crippen LogP contribution in [-0.2, 0) is 18.3 Å². The number of hydrogen-bond acceptors (Lipinski definition) is 10. The first-order valence-corrected chi connectivity index (χ1v) is 9.90. The molecule has 152 valence electrons. The van der Waals surface area contributed by atoms with E-state index in [-0.39, 0.29) is 29.5 Å². The van der Waals surface area contributed by atoms with Crippen molar-refractivity contribution in [3.8, 4) is 0 Å². The molecule has 2 saturated heterocycles. The number of aliphatic hydroxyl groups excluding tert-OH is 1. The largest absolute Gasteiger partial charge is 0.472 e. The first kappa shape index (κ1) is 19.2. The number of nitrogens with zero attached hydrogens (tertiary/aromatic N) is 3. The third kappa shape index (κ3) is 2.96. The van der Waals surface area contributed by atoms with Crippen molar-refractivity contribution in [1.29, 1.82) is 0 Å². The lowest BCUT2D eigenvalue weighted by Crippen LogP contribution is -2.39. The molecule has 1 unspecified atom stereocenters. The summed E-state index contributed by atoms with van der Waals surface area (Å²) in [5.41, 5.74) is 4.72. The van der Waals surface area contributed by atoms with Crippen molar-refractivity contribution in [1.82, 2.24) is 19.5 Å². The first-order valence-electron chi connectivity index (χ1n) is 8.40. The number of carbonyl (C=O) groups excluding carboxylic acids is 1. The highest BCUT2D eigenvalue weighted by atomic mass is 31.2. The lowest BCUT2D eigenvalue weighted by Gasteiger charge is -2.27. The van der Waals surface area contributed by atoms with E-state index in [9.17, 15) is 24.2 Å². The van der Waals surface area contributed by atoms with Crippen LogP contribution in [0, 0.1) is 5.92 Å². The quantitative estimate of drug-likeness (QED) is 0.366. The Morgan fingerprint density at radius 1 is 1.43 bits per heavy atom. The van der Waals surface area contributed by atoms with Crippen molar-refractivity contribution < 1.29 is 33.1 Å². The number of aromatic nitrogens is 4. The van der Waals surface area contributed by atoms with Gasteiger partial charge in [0.05, 0.1) is 6.61 Å². The molecule has 28 heavy (non-hydrogen) atoms. The van der Waals surface area contributed by atoms with Gasteiger partial charge in [0.2, 0.25) is 11.7 Å². The molecule has 0 saturated carbocycles. The van der Waals surface area contributed by atoms with Gasteiger partial charge in [0.15, 0.2) is 23.2 Å². The Hall–Kier alpha value is -2.15. The van der Waals surface area contributed by atoms with Crippen LogP contribution < -0.4 is 11.3 Å². The summed E-state index contributed by atoms with van der Waals surface area (Å²) < 4.78 is 28.2. The standard InChI is InChI=1S/C14H18N5O8P/c1-4(2)7(20)11-16-6-10(17-14(15)18-12(6)22)19(11)13-8(21)9-5(26-13)3-25-28(23,24)27-9/h4-5,8-9,13,21H,3H2,1-2H3,(H,23,24)(H3,15,17,18,22)/t5-,8-,9-,13-/m1/s1. The van der Waals surface area contributed by atoms with E-state index in [0.29, 0.717) is 0 Å². The number of rotatable bonds is 3. The van der Waals surface area contributed by atoms with E-state index in [0.717, 1.165) is 4.57 Å². The minimum Gasteiger partial charge on any atom is -0.386 e. The minimum absolute atomic E-state index is 0.0685. The maximum Gasteiger partial charge on any atom is 0.472 e. The average molecular weight is 415 g/mol. The van der Waals surface area contributed by atoms with Gasteiger partial charge in [-0.2, -0.15) is 4.98 Å². The number of phosphoric acid groups is 1. The van der Waals surface area contributed by atoms with Crippen LogP contribution in [0.5, 0.6) is 0 Å². The van der Waals surface area contributed by atoms with Crippen LogP contribution in [0.2, 0.25) is 0 Å². The molecule has 5 N–H and O–H groups in total. The van der Waals surface area contributed by atoms with Crippen molar-refractivity contribution >= 4 is 30.7 Å². The number of nitrogens with two attached hydrogens (primary N) is 1. The van der Waals surface area contributed by atoms with Crippen LogP contribution in [0.25, 0.3) is 11.2 Å². The maximum atomic E-state index is 12.7. The smallest absolute Gasteiger partial charge is 0.386 e. The molecule has 14 heteroatoms. The van der Waals surface area contributed by atoms with Crippen molar-refractivity contribution in [2.75, 3.05) is 12.3 Å². The Bertz CT molecular complexity index is 1060. The molecular weight excluding hydrogens is 397 g/mol. The number of anilines is 1. The van der Waals surface area contributed by atoms with Gasteiger partial charge in [-0.1, -0.05) is 13.8 Å². The van der Waals surface area contributed by atoms with Gasteiger partial charge in [-0.05, 0) is 0 Å². The highest BCUT2D eigenvalue weighted by molar-refractivity contribution is 7.47. The van der Waals surface area contributed by atoms with E-state index in [1.165, 1.54) is 0 Å².